The molecule has 0 bridgehead atoms. The van der Waals surface area contributed by atoms with Crippen LogP contribution in [0.5, 0.6) is 5.75 Å². The zero-order valence-corrected chi connectivity index (χ0v) is 17.0. The minimum Gasteiger partial charge on any atom is -0.489 e. The van der Waals surface area contributed by atoms with Crippen LogP contribution in [0, 0.1) is 22.7 Å². The summed E-state index contributed by atoms with van der Waals surface area (Å²) in [6, 6.07) is 9.73. The lowest BCUT2D eigenvalue weighted by Gasteiger charge is -2.28. The minimum absolute atomic E-state index is 0.0591. The number of anilines is 1. The fourth-order valence-electron chi connectivity index (χ4n) is 2.41. The van der Waals surface area contributed by atoms with Gasteiger partial charge in [0, 0.05) is 6.42 Å². The maximum atomic E-state index is 13.2. The number of pyridine rings is 1. The standard InChI is InChI=1S/C21H17F3N4O4/c1-3-18(29)32-20(2,12-31-15-6-4-13(9-25)5-7-15)19(30)28-14-8-16(21(22,23)24)17(10-26)27-11-14/h4-8,11H,3,12H2,1-2H3,(H,28,30)/t20-/m0/s1. The minimum atomic E-state index is -4.87. The van der Waals surface area contributed by atoms with Gasteiger partial charge in [0.15, 0.2) is 5.69 Å². The highest BCUT2D eigenvalue weighted by Gasteiger charge is 2.40. The molecule has 0 aliphatic carbocycles. The Labute approximate surface area is 181 Å². The summed E-state index contributed by atoms with van der Waals surface area (Å²) in [6.45, 7) is 2.27. The van der Waals surface area contributed by atoms with E-state index in [2.05, 4.69) is 10.3 Å². The molecule has 1 aromatic carbocycles. The third-order valence-electron chi connectivity index (χ3n) is 4.16. The number of halogens is 3. The fraction of sp³-hybridized carbons (Fsp3) is 0.286. The first-order valence-electron chi connectivity index (χ1n) is 9.16. The lowest BCUT2D eigenvalue weighted by molar-refractivity contribution is -0.167. The molecule has 11 heteroatoms. The number of hydrogen-bond donors (Lipinski definition) is 1. The van der Waals surface area contributed by atoms with Crippen molar-refractivity contribution in [2.75, 3.05) is 11.9 Å². The maximum Gasteiger partial charge on any atom is 0.419 e. The largest absolute Gasteiger partial charge is 0.489 e. The first-order valence-corrected chi connectivity index (χ1v) is 9.16. The summed E-state index contributed by atoms with van der Waals surface area (Å²) < 4.78 is 50.2. The van der Waals surface area contributed by atoms with E-state index in [1.165, 1.54) is 44.2 Å². The van der Waals surface area contributed by atoms with Gasteiger partial charge in [0.1, 0.15) is 18.4 Å². The van der Waals surface area contributed by atoms with E-state index in [0.717, 1.165) is 6.20 Å². The Morgan fingerprint density at radius 2 is 1.81 bits per heavy atom. The van der Waals surface area contributed by atoms with Crippen LogP contribution in [-0.2, 0) is 20.5 Å². The summed E-state index contributed by atoms with van der Waals surface area (Å²) in [6.07, 6.45) is -4.04. The van der Waals surface area contributed by atoms with Crippen LogP contribution in [0.1, 0.15) is 37.1 Å². The number of benzene rings is 1. The van der Waals surface area contributed by atoms with E-state index >= 15 is 0 Å². The van der Waals surface area contributed by atoms with Gasteiger partial charge in [-0.1, -0.05) is 6.92 Å². The average molecular weight is 446 g/mol. The first-order chi connectivity index (χ1) is 15.0. The van der Waals surface area contributed by atoms with Crippen molar-refractivity contribution in [3.05, 3.63) is 53.3 Å². The van der Waals surface area contributed by atoms with Gasteiger partial charge in [-0.05, 0) is 37.3 Å². The van der Waals surface area contributed by atoms with Crippen LogP contribution in [0.3, 0.4) is 0 Å². The van der Waals surface area contributed by atoms with Gasteiger partial charge >= 0.3 is 12.1 Å². The predicted octanol–water partition coefficient (Wildman–Crippen LogP) is 3.57. The lowest BCUT2D eigenvalue weighted by atomic mass is 10.1. The van der Waals surface area contributed by atoms with Crippen LogP contribution in [0.15, 0.2) is 36.5 Å². The molecule has 1 heterocycles. The number of carbonyl (C=O) groups is 2. The number of amides is 1. The lowest BCUT2D eigenvalue weighted by Crippen LogP contribution is -2.49. The van der Waals surface area contributed by atoms with Crippen molar-refractivity contribution in [2.45, 2.75) is 32.0 Å². The number of nitrogens with zero attached hydrogens (tertiary/aromatic N) is 3. The number of alkyl halides is 3. The van der Waals surface area contributed by atoms with Crippen molar-refractivity contribution in [1.29, 1.82) is 10.5 Å². The second-order valence-corrected chi connectivity index (χ2v) is 6.67. The fourth-order valence-corrected chi connectivity index (χ4v) is 2.41. The Bertz CT molecular complexity index is 1090. The molecule has 1 atom stereocenters. The number of hydrogen-bond acceptors (Lipinski definition) is 7. The number of esters is 1. The molecule has 0 fully saturated rings. The summed E-state index contributed by atoms with van der Waals surface area (Å²) in [7, 11) is 0. The van der Waals surface area contributed by atoms with Gasteiger partial charge in [0.25, 0.3) is 5.91 Å². The second-order valence-electron chi connectivity index (χ2n) is 6.67. The van der Waals surface area contributed by atoms with Crippen molar-refractivity contribution < 1.29 is 32.2 Å². The molecular formula is C21H17F3N4O4. The monoisotopic (exact) mass is 446 g/mol. The molecule has 1 amide bonds. The quantitative estimate of drug-likeness (QED) is 0.645. The summed E-state index contributed by atoms with van der Waals surface area (Å²) in [5.74, 6) is -1.43. The van der Waals surface area contributed by atoms with Crippen molar-refractivity contribution in [1.82, 2.24) is 4.98 Å². The number of aromatic nitrogens is 1. The third kappa shape index (κ3) is 5.95. The van der Waals surface area contributed by atoms with E-state index in [1.807, 2.05) is 6.07 Å². The smallest absolute Gasteiger partial charge is 0.419 e. The first kappa shape index (κ1) is 24.2. The molecule has 0 saturated carbocycles. The molecule has 0 spiro atoms. The Kier molecular flexibility index (Phi) is 7.39. The van der Waals surface area contributed by atoms with Crippen LogP contribution in [-0.4, -0.2) is 29.1 Å². The van der Waals surface area contributed by atoms with Gasteiger partial charge in [-0.15, -0.1) is 0 Å². The SMILES string of the molecule is CCC(=O)O[C@@](C)(COc1ccc(C#N)cc1)C(=O)Nc1cnc(C#N)c(C(F)(F)F)c1. The number of ether oxygens (including phenoxy) is 2. The molecule has 1 N–H and O–H groups in total. The molecular weight excluding hydrogens is 429 g/mol. The van der Waals surface area contributed by atoms with Crippen LogP contribution < -0.4 is 10.1 Å². The number of nitriles is 2. The van der Waals surface area contributed by atoms with E-state index in [0.29, 0.717) is 11.6 Å². The van der Waals surface area contributed by atoms with E-state index in [-0.39, 0.29) is 17.9 Å². The van der Waals surface area contributed by atoms with Crippen LogP contribution in [0.4, 0.5) is 18.9 Å². The summed E-state index contributed by atoms with van der Waals surface area (Å²) in [4.78, 5) is 28.1. The average Bonchev–Trinajstić information content (AvgIpc) is 2.77. The molecule has 0 radical (unpaired) electrons. The third-order valence-corrected chi connectivity index (χ3v) is 4.16. The Hall–Kier alpha value is -4.12. The molecule has 2 aromatic rings. The zero-order chi connectivity index (χ0) is 23.9. The summed E-state index contributed by atoms with van der Waals surface area (Å²) in [5.41, 5.74) is -4.05. The molecule has 0 saturated heterocycles. The van der Waals surface area contributed by atoms with Crippen molar-refractivity contribution in [2.24, 2.45) is 0 Å². The molecule has 0 unspecified atom stereocenters. The molecule has 8 nitrogen and oxygen atoms in total. The molecule has 32 heavy (non-hydrogen) atoms. The van der Waals surface area contributed by atoms with Crippen LogP contribution >= 0.6 is 0 Å². The number of nitrogens with one attached hydrogen (secondary N) is 1. The molecule has 0 aliphatic rings. The van der Waals surface area contributed by atoms with Gasteiger partial charge in [-0.2, -0.15) is 23.7 Å². The second kappa shape index (κ2) is 9.79. The van der Waals surface area contributed by atoms with Gasteiger partial charge < -0.3 is 14.8 Å². The van der Waals surface area contributed by atoms with E-state index in [9.17, 15) is 22.8 Å². The van der Waals surface area contributed by atoms with Crippen molar-refractivity contribution in [3.63, 3.8) is 0 Å². The Morgan fingerprint density at radius 3 is 2.34 bits per heavy atom. The topological polar surface area (TPSA) is 125 Å². The Balaban J connectivity index is 2.27. The normalized spacial score (nSPS) is 12.6. The van der Waals surface area contributed by atoms with Gasteiger partial charge in [-0.3, -0.25) is 9.59 Å². The molecule has 166 valence electrons. The highest BCUT2D eigenvalue weighted by atomic mass is 19.4. The van der Waals surface area contributed by atoms with Crippen LogP contribution in [0.2, 0.25) is 0 Å². The molecule has 2 rings (SSSR count). The van der Waals surface area contributed by atoms with Crippen molar-refractivity contribution in [3.8, 4) is 17.9 Å². The summed E-state index contributed by atoms with van der Waals surface area (Å²) in [5, 5.41) is 19.9. The Morgan fingerprint density at radius 1 is 1.16 bits per heavy atom. The highest BCUT2D eigenvalue weighted by molar-refractivity contribution is 5.98. The maximum absolute atomic E-state index is 13.2. The number of rotatable bonds is 7. The van der Waals surface area contributed by atoms with E-state index < -0.39 is 41.5 Å². The molecule has 0 aliphatic heterocycles. The number of carbonyl (C=O) groups excluding carboxylic acids is 2. The zero-order valence-electron chi connectivity index (χ0n) is 17.0. The summed E-state index contributed by atoms with van der Waals surface area (Å²) >= 11 is 0. The van der Waals surface area contributed by atoms with Gasteiger partial charge in [0.05, 0.1) is 29.1 Å². The van der Waals surface area contributed by atoms with E-state index in [4.69, 9.17) is 20.0 Å². The van der Waals surface area contributed by atoms with E-state index in [1.54, 1.807) is 0 Å². The predicted molar refractivity (Wildman–Crippen MR) is 104 cm³/mol. The van der Waals surface area contributed by atoms with Crippen LogP contribution in [0.25, 0.3) is 0 Å². The van der Waals surface area contributed by atoms with Gasteiger partial charge in [-0.25, -0.2) is 4.98 Å². The highest BCUT2D eigenvalue weighted by Crippen LogP contribution is 2.32. The van der Waals surface area contributed by atoms with Gasteiger partial charge in [0.2, 0.25) is 5.60 Å². The van der Waals surface area contributed by atoms with Crippen molar-refractivity contribution >= 4 is 17.6 Å². The molecule has 1 aromatic heterocycles.